The summed E-state index contributed by atoms with van der Waals surface area (Å²) in [4.78, 5) is 14.8. The lowest BCUT2D eigenvalue weighted by molar-refractivity contribution is -0.141. The SMILES string of the molecule is CC(Cc1cnc2ccnn2c1)C(=O)O. The van der Waals surface area contributed by atoms with Crippen LogP contribution >= 0.6 is 0 Å². The monoisotopic (exact) mass is 205 g/mol. The summed E-state index contributed by atoms with van der Waals surface area (Å²) >= 11 is 0. The summed E-state index contributed by atoms with van der Waals surface area (Å²) in [6, 6.07) is 1.80. The number of nitrogens with zero attached hydrogens (tertiary/aromatic N) is 3. The molecule has 0 radical (unpaired) electrons. The molecule has 0 spiro atoms. The Morgan fingerprint density at radius 2 is 2.47 bits per heavy atom. The van der Waals surface area contributed by atoms with Crippen molar-refractivity contribution in [3.05, 3.63) is 30.2 Å². The van der Waals surface area contributed by atoms with E-state index in [1.165, 1.54) is 0 Å². The lowest BCUT2D eigenvalue weighted by atomic mass is 10.0. The van der Waals surface area contributed by atoms with E-state index < -0.39 is 11.9 Å². The summed E-state index contributed by atoms with van der Waals surface area (Å²) in [5, 5.41) is 12.8. The number of hydrogen-bond acceptors (Lipinski definition) is 3. The van der Waals surface area contributed by atoms with Gasteiger partial charge in [0, 0.05) is 18.5 Å². The van der Waals surface area contributed by atoms with Crippen molar-refractivity contribution in [2.45, 2.75) is 13.3 Å². The molecule has 2 aromatic heterocycles. The Bertz CT molecular complexity index is 492. The standard InChI is InChI=1S/C10H11N3O2/c1-7(10(14)15)4-8-5-11-9-2-3-12-13(9)6-8/h2-3,5-7H,4H2,1H3,(H,14,15). The molecule has 0 fully saturated rings. The van der Waals surface area contributed by atoms with Gasteiger partial charge in [-0.3, -0.25) is 4.79 Å². The van der Waals surface area contributed by atoms with E-state index in [-0.39, 0.29) is 0 Å². The van der Waals surface area contributed by atoms with E-state index in [4.69, 9.17) is 5.11 Å². The van der Waals surface area contributed by atoms with E-state index in [1.54, 1.807) is 29.9 Å². The smallest absolute Gasteiger partial charge is 0.306 e. The minimum Gasteiger partial charge on any atom is -0.481 e. The van der Waals surface area contributed by atoms with Crippen molar-refractivity contribution in [1.82, 2.24) is 14.6 Å². The molecule has 5 nitrogen and oxygen atoms in total. The normalized spacial score (nSPS) is 12.9. The van der Waals surface area contributed by atoms with Crippen LogP contribution in [0.2, 0.25) is 0 Å². The first kappa shape index (κ1) is 9.64. The third-order valence-electron chi connectivity index (χ3n) is 2.26. The fourth-order valence-electron chi connectivity index (χ4n) is 1.39. The molecule has 5 heteroatoms. The van der Waals surface area contributed by atoms with Gasteiger partial charge < -0.3 is 5.11 Å². The van der Waals surface area contributed by atoms with Gasteiger partial charge >= 0.3 is 5.97 Å². The zero-order valence-corrected chi connectivity index (χ0v) is 8.29. The molecule has 0 saturated carbocycles. The number of fused-ring (bicyclic) bond motifs is 1. The Balaban J connectivity index is 2.24. The molecule has 0 aromatic carbocycles. The number of carboxylic acids is 1. The van der Waals surface area contributed by atoms with Crippen molar-refractivity contribution in [3.8, 4) is 0 Å². The van der Waals surface area contributed by atoms with Crippen molar-refractivity contribution in [2.75, 3.05) is 0 Å². The Kier molecular flexibility index (Phi) is 2.37. The molecule has 0 saturated heterocycles. The quantitative estimate of drug-likeness (QED) is 0.811. The van der Waals surface area contributed by atoms with Crippen molar-refractivity contribution in [3.63, 3.8) is 0 Å². The molecule has 2 aromatic rings. The summed E-state index contributed by atoms with van der Waals surface area (Å²) in [6.45, 7) is 1.68. The molecular formula is C10H11N3O2. The summed E-state index contributed by atoms with van der Waals surface area (Å²) in [6.07, 6.45) is 5.63. The molecule has 2 rings (SSSR count). The van der Waals surface area contributed by atoms with E-state index in [0.717, 1.165) is 11.2 Å². The molecular weight excluding hydrogens is 194 g/mol. The van der Waals surface area contributed by atoms with Gasteiger partial charge in [-0.05, 0) is 12.0 Å². The van der Waals surface area contributed by atoms with E-state index in [2.05, 4.69) is 10.1 Å². The summed E-state index contributed by atoms with van der Waals surface area (Å²) < 4.78 is 1.64. The van der Waals surface area contributed by atoms with Crippen LogP contribution in [0.3, 0.4) is 0 Å². The number of aliphatic carboxylic acids is 1. The van der Waals surface area contributed by atoms with Crippen LogP contribution in [0, 0.1) is 5.92 Å². The second-order valence-corrected chi connectivity index (χ2v) is 3.54. The van der Waals surface area contributed by atoms with Crippen molar-refractivity contribution in [1.29, 1.82) is 0 Å². The van der Waals surface area contributed by atoms with Crippen LogP contribution < -0.4 is 0 Å². The number of aromatic nitrogens is 3. The third-order valence-corrected chi connectivity index (χ3v) is 2.26. The average molecular weight is 205 g/mol. The maximum absolute atomic E-state index is 10.7. The molecule has 1 unspecified atom stereocenters. The van der Waals surface area contributed by atoms with Gasteiger partial charge in [-0.15, -0.1) is 0 Å². The fourth-order valence-corrected chi connectivity index (χ4v) is 1.39. The summed E-state index contributed by atoms with van der Waals surface area (Å²) in [7, 11) is 0. The van der Waals surface area contributed by atoms with Gasteiger partial charge in [0.1, 0.15) is 0 Å². The topological polar surface area (TPSA) is 67.5 Å². The van der Waals surface area contributed by atoms with E-state index in [1.807, 2.05) is 6.20 Å². The predicted molar refractivity (Wildman–Crippen MR) is 53.5 cm³/mol. The maximum atomic E-state index is 10.7. The number of hydrogen-bond donors (Lipinski definition) is 1. The fraction of sp³-hybridized carbons (Fsp3) is 0.300. The molecule has 2 heterocycles. The minimum atomic E-state index is -0.796. The average Bonchev–Trinajstić information content (AvgIpc) is 2.64. The van der Waals surface area contributed by atoms with Crippen molar-refractivity contribution < 1.29 is 9.90 Å². The number of carboxylic acid groups (broad SMARTS) is 1. The van der Waals surface area contributed by atoms with Crippen LogP contribution in [-0.2, 0) is 11.2 Å². The maximum Gasteiger partial charge on any atom is 0.306 e. The first-order chi connectivity index (χ1) is 7.16. The van der Waals surface area contributed by atoms with Gasteiger partial charge in [-0.2, -0.15) is 5.10 Å². The van der Waals surface area contributed by atoms with E-state index in [9.17, 15) is 4.79 Å². The molecule has 0 bridgehead atoms. The Hall–Kier alpha value is -1.91. The van der Waals surface area contributed by atoms with Gasteiger partial charge in [0.05, 0.1) is 12.1 Å². The van der Waals surface area contributed by atoms with Gasteiger partial charge in [0.15, 0.2) is 5.65 Å². The van der Waals surface area contributed by atoms with Crippen molar-refractivity contribution >= 4 is 11.6 Å². The predicted octanol–water partition coefficient (Wildman–Crippen LogP) is 0.992. The summed E-state index contributed by atoms with van der Waals surface area (Å²) in [5.74, 6) is -1.20. The number of carbonyl (C=O) groups is 1. The van der Waals surface area contributed by atoms with E-state index >= 15 is 0 Å². The zero-order valence-electron chi connectivity index (χ0n) is 8.29. The highest BCUT2D eigenvalue weighted by atomic mass is 16.4. The Labute approximate surface area is 86.4 Å². The first-order valence-electron chi connectivity index (χ1n) is 4.68. The van der Waals surface area contributed by atoms with Crippen LogP contribution in [0.15, 0.2) is 24.7 Å². The molecule has 1 atom stereocenters. The molecule has 15 heavy (non-hydrogen) atoms. The van der Waals surface area contributed by atoms with Crippen LogP contribution in [-0.4, -0.2) is 25.7 Å². The van der Waals surface area contributed by atoms with Crippen LogP contribution in [0.25, 0.3) is 5.65 Å². The van der Waals surface area contributed by atoms with Gasteiger partial charge in [0.2, 0.25) is 0 Å². The molecule has 0 aliphatic carbocycles. The Morgan fingerprint density at radius 1 is 1.67 bits per heavy atom. The second kappa shape index (κ2) is 3.68. The lowest BCUT2D eigenvalue weighted by Crippen LogP contribution is -2.12. The molecule has 78 valence electrons. The number of rotatable bonds is 3. The first-order valence-corrected chi connectivity index (χ1v) is 4.68. The highest BCUT2D eigenvalue weighted by molar-refractivity contribution is 5.69. The minimum absolute atomic E-state index is 0.403. The second-order valence-electron chi connectivity index (χ2n) is 3.54. The summed E-state index contributed by atoms with van der Waals surface area (Å²) in [5.41, 5.74) is 1.64. The lowest BCUT2D eigenvalue weighted by Gasteiger charge is -2.05. The molecule has 0 aliphatic rings. The largest absolute Gasteiger partial charge is 0.481 e. The van der Waals surface area contributed by atoms with Gasteiger partial charge in [-0.1, -0.05) is 6.92 Å². The van der Waals surface area contributed by atoms with Crippen molar-refractivity contribution in [2.24, 2.45) is 5.92 Å². The zero-order chi connectivity index (χ0) is 10.8. The third kappa shape index (κ3) is 1.96. The van der Waals surface area contributed by atoms with Crippen LogP contribution in [0.5, 0.6) is 0 Å². The van der Waals surface area contributed by atoms with Crippen LogP contribution in [0.4, 0.5) is 0 Å². The molecule has 0 aliphatic heterocycles. The van der Waals surface area contributed by atoms with E-state index in [0.29, 0.717) is 6.42 Å². The Morgan fingerprint density at radius 3 is 3.20 bits per heavy atom. The molecule has 0 amide bonds. The highest BCUT2D eigenvalue weighted by Crippen LogP contribution is 2.08. The van der Waals surface area contributed by atoms with Gasteiger partial charge in [-0.25, -0.2) is 9.50 Å². The van der Waals surface area contributed by atoms with Crippen LogP contribution in [0.1, 0.15) is 12.5 Å². The highest BCUT2D eigenvalue weighted by Gasteiger charge is 2.12. The molecule has 1 N–H and O–H groups in total. The van der Waals surface area contributed by atoms with Gasteiger partial charge in [0.25, 0.3) is 0 Å².